The van der Waals surface area contributed by atoms with Crippen LogP contribution in [0.15, 0.2) is 103 Å². The van der Waals surface area contributed by atoms with Crippen molar-refractivity contribution in [2.24, 2.45) is 0 Å². The van der Waals surface area contributed by atoms with Crippen LogP contribution in [-0.4, -0.2) is 24.4 Å². The third-order valence-corrected chi connectivity index (χ3v) is 6.67. The Kier molecular flexibility index (Phi) is 22.5. The number of aliphatic hydroxyl groups excluding tert-OH is 1. The van der Waals surface area contributed by atoms with E-state index in [1.807, 2.05) is 97.1 Å². The Morgan fingerprint density at radius 2 is 1.46 bits per heavy atom. The second-order valence-electron chi connectivity index (χ2n) is 7.95. The zero-order chi connectivity index (χ0) is 26.3. The molecule has 1 atom stereocenters. The maximum Gasteiger partial charge on any atom is 3.00 e. The monoisotopic (exact) mass is 599 g/mol. The van der Waals surface area contributed by atoms with Gasteiger partial charge in [-0.2, -0.15) is 36.4 Å². The van der Waals surface area contributed by atoms with Crippen LogP contribution in [0.4, 0.5) is 0 Å². The van der Waals surface area contributed by atoms with Crippen molar-refractivity contribution in [3.8, 4) is 0 Å². The van der Waals surface area contributed by atoms with Crippen molar-refractivity contribution in [2.45, 2.75) is 59.0 Å². The largest absolute Gasteiger partial charge is 3.00 e. The van der Waals surface area contributed by atoms with E-state index in [0.717, 1.165) is 30.4 Å². The molecule has 199 valence electrons. The van der Waals surface area contributed by atoms with Crippen LogP contribution < -0.4 is 0 Å². The molecule has 37 heavy (non-hydrogen) atoms. The second kappa shape index (κ2) is 23.5. The molecular formula is C31H42O4PZr. The molecule has 1 radical (unpaired) electrons. The fraction of sp³-hybridized carbons (Fsp3) is 0.355. The first-order valence-electron chi connectivity index (χ1n) is 12.8. The molecule has 3 aromatic carbocycles. The molecule has 6 heteroatoms. The molecule has 0 aliphatic carbocycles. The molecule has 0 fully saturated rings. The van der Waals surface area contributed by atoms with Gasteiger partial charge in [0.05, 0.1) is 19.3 Å². The standard InChI is InChI=1S/C21H32O4P.2C5H5.Zr/c1-4-7-11-20(18-26(23,24-5-2)25-6-3)15-17-21(22)16-14-19-12-9-8-10-13-19;2*1-2-4-5-3-1;/h8-10,12-14,16,21-22H,4-7,11,15,17H2,1-3H3;2*1-5H;/q3*-1;+3/b16-14+;;;. The number of rotatable bonds is 13. The maximum absolute atomic E-state index is 12.7. The summed E-state index contributed by atoms with van der Waals surface area (Å²) in [5.74, 6) is 2.99. The Morgan fingerprint density at radius 3 is 1.89 bits per heavy atom. The first-order valence-corrected chi connectivity index (χ1v) is 14.3. The van der Waals surface area contributed by atoms with E-state index in [1.54, 1.807) is 19.9 Å². The SMILES string of the molecule is CCCCC(=[C-]P(=O)(OCC)OCC)CCC(O)/C=C/c1ccccc1.[Zr+3].c1cc[cH-]c1.c1cc[cH-]c1. The van der Waals surface area contributed by atoms with E-state index in [9.17, 15) is 9.67 Å². The summed E-state index contributed by atoms with van der Waals surface area (Å²) in [5.41, 5.74) is 1.96. The summed E-state index contributed by atoms with van der Waals surface area (Å²) in [6.45, 7) is 6.32. The van der Waals surface area contributed by atoms with Gasteiger partial charge < -0.3 is 20.0 Å². The van der Waals surface area contributed by atoms with Crippen molar-refractivity contribution >= 4 is 13.7 Å². The molecule has 0 saturated heterocycles. The Balaban J connectivity index is 0.000000963. The summed E-state index contributed by atoms with van der Waals surface area (Å²) >= 11 is 0. The van der Waals surface area contributed by atoms with E-state index in [-0.39, 0.29) is 26.2 Å². The predicted octanol–water partition coefficient (Wildman–Crippen LogP) is 8.79. The summed E-state index contributed by atoms with van der Waals surface area (Å²) in [6, 6.07) is 29.9. The smallest absolute Gasteiger partial charge is 0.389 e. The molecule has 4 nitrogen and oxygen atoms in total. The molecule has 1 unspecified atom stereocenters. The van der Waals surface area contributed by atoms with Crippen molar-refractivity contribution in [3.05, 3.63) is 114 Å². The van der Waals surface area contributed by atoms with Crippen LogP contribution in [0.5, 0.6) is 0 Å². The quantitative estimate of drug-likeness (QED) is 0.157. The van der Waals surface area contributed by atoms with Gasteiger partial charge in [0.25, 0.3) is 0 Å². The van der Waals surface area contributed by atoms with Crippen LogP contribution in [0, 0.1) is 5.82 Å². The fourth-order valence-electron chi connectivity index (χ4n) is 3.11. The van der Waals surface area contributed by atoms with Gasteiger partial charge in [0.15, 0.2) is 7.60 Å². The van der Waals surface area contributed by atoms with Gasteiger partial charge in [-0.25, -0.2) is 29.8 Å². The van der Waals surface area contributed by atoms with Crippen LogP contribution in [0.2, 0.25) is 0 Å². The van der Waals surface area contributed by atoms with E-state index >= 15 is 0 Å². The van der Waals surface area contributed by atoms with Crippen molar-refractivity contribution in [1.29, 1.82) is 0 Å². The minimum absolute atomic E-state index is 0. The second-order valence-corrected chi connectivity index (χ2v) is 9.69. The third-order valence-electron chi connectivity index (χ3n) is 4.89. The molecule has 3 rings (SSSR count). The van der Waals surface area contributed by atoms with Gasteiger partial charge in [0.1, 0.15) is 0 Å². The number of allylic oxidation sites excluding steroid dienone is 1. The molecule has 0 aliphatic heterocycles. The predicted molar refractivity (Wildman–Crippen MR) is 152 cm³/mol. The summed E-state index contributed by atoms with van der Waals surface area (Å²) in [7, 11) is -3.33. The van der Waals surface area contributed by atoms with Gasteiger partial charge in [0.2, 0.25) is 0 Å². The zero-order valence-corrected chi connectivity index (χ0v) is 25.8. The topological polar surface area (TPSA) is 55.8 Å². The van der Waals surface area contributed by atoms with E-state index in [1.165, 1.54) is 0 Å². The van der Waals surface area contributed by atoms with E-state index < -0.39 is 13.7 Å². The molecule has 1 N–H and O–H groups in total. The van der Waals surface area contributed by atoms with E-state index in [0.29, 0.717) is 26.1 Å². The molecule has 0 aromatic heterocycles. The number of hydrogen-bond acceptors (Lipinski definition) is 4. The van der Waals surface area contributed by atoms with Gasteiger partial charge in [-0.3, -0.25) is 4.57 Å². The maximum atomic E-state index is 12.7. The zero-order valence-electron chi connectivity index (χ0n) is 22.5. The molecule has 0 saturated carbocycles. The summed E-state index contributed by atoms with van der Waals surface area (Å²) in [6.07, 6.45) is 7.11. The van der Waals surface area contributed by atoms with Crippen molar-refractivity contribution in [2.75, 3.05) is 13.2 Å². The molecule has 0 amide bonds. The normalized spacial score (nSPS) is 12.1. The first kappa shape index (κ1) is 35.4. The third kappa shape index (κ3) is 19.2. The minimum Gasteiger partial charge on any atom is -0.389 e. The van der Waals surface area contributed by atoms with Crippen molar-refractivity contribution in [1.82, 2.24) is 0 Å². The average molecular weight is 601 g/mol. The Hall–Kier alpha value is -1.61. The molecule has 0 spiro atoms. The minimum atomic E-state index is -3.33. The molecule has 0 aliphatic rings. The van der Waals surface area contributed by atoms with Gasteiger partial charge in [-0.15, -0.1) is 0 Å². The molecule has 0 heterocycles. The van der Waals surface area contributed by atoms with Crippen LogP contribution in [0.1, 0.15) is 58.4 Å². The van der Waals surface area contributed by atoms with E-state index in [4.69, 9.17) is 9.05 Å². The number of aliphatic hydroxyl groups is 1. The van der Waals surface area contributed by atoms with Gasteiger partial charge in [0, 0.05) is 0 Å². The fourth-order valence-corrected chi connectivity index (χ4v) is 4.60. The van der Waals surface area contributed by atoms with Crippen LogP contribution in [0.3, 0.4) is 0 Å². The van der Waals surface area contributed by atoms with Crippen molar-refractivity contribution < 1.29 is 44.9 Å². The molecular weight excluding hydrogens is 559 g/mol. The summed E-state index contributed by atoms with van der Waals surface area (Å²) < 4.78 is 23.3. The Bertz CT molecular complexity index is 880. The van der Waals surface area contributed by atoms with Gasteiger partial charge in [-0.05, 0) is 25.8 Å². The van der Waals surface area contributed by atoms with Crippen LogP contribution in [0.25, 0.3) is 6.08 Å². The van der Waals surface area contributed by atoms with Crippen molar-refractivity contribution in [3.63, 3.8) is 0 Å². The average Bonchev–Trinajstić information content (AvgIpc) is 3.65. The van der Waals surface area contributed by atoms with Gasteiger partial charge >= 0.3 is 26.2 Å². The summed E-state index contributed by atoms with van der Waals surface area (Å²) in [4.78, 5) is 0. The van der Waals surface area contributed by atoms with Crippen LogP contribution >= 0.6 is 7.60 Å². The van der Waals surface area contributed by atoms with E-state index in [2.05, 4.69) is 12.7 Å². The Morgan fingerprint density at radius 1 is 0.919 bits per heavy atom. The van der Waals surface area contributed by atoms with Gasteiger partial charge in [-0.1, -0.05) is 75.1 Å². The first-order chi connectivity index (χ1) is 17.5. The number of benzene rings is 1. The molecule has 3 aromatic rings. The Labute approximate surface area is 243 Å². The molecule has 0 bridgehead atoms. The van der Waals surface area contributed by atoms with Crippen LogP contribution in [-0.2, 0) is 39.8 Å². The number of unbranched alkanes of at least 4 members (excludes halogenated alkanes) is 1. The number of hydrogen-bond donors (Lipinski definition) is 1. The summed E-state index contributed by atoms with van der Waals surface area (Å²) in [5, 5.41) is 10.2.